The van der Waals surface area contributed by atoms with Crippen molar-refractivity contribution in [2.45, 2.75) is 45.4 Å². The number of aryl methyl sites for hydroxylation is 1. The molecule has 0 aliphatic carbocycles. The van der Waals surface area contributed by atoms with Gasteiger partial charge in [-0.3, -0.25) is 9.59 Å². The minimum atomic E-state index is -0.591. The van der Waals surface area contributed by atoms with Gasteiger partial charge in [0.2, 0.25) is 5.91 Å². The lowest BCUT2D eigenvalue weighted by atomic mass is 10.0. The van der Waals surface area contributed by atoms with Gasteiger partial charge in [0.25, 0.3) is 0 Å². The molecule has 2 heterocycles. The van der Waals surface area contributed by atoms with Crippen molar-refractivity contribution in [1.29, 1.82) is 0 Å². The first-order valence-electron chi connectivity index (χ1n) is 8.26. The molecule has 1 fully saturated rings. The van der Waals surface area contributed by atoms with E-state index < -0.39 is 6.10 Å². The van der Waals surface area contributed by atoms with Crippen LogP contribution in [0.4, 0.5) is 4.39 Å². The molecule has 0 spiro atoms. The molecule has 0 bridgehead atoms. The zero-order valence-corrected chi connectivity index (χ0v) is 15.1. The number of aliphatic hydroxyl groups excluding tert-OH is 1. The number of benzene rings is 1. The normalized spacial score (nSPS) is 20.2. The molecule has 134 valence electrons. The smallest absolute Gasteiger partial charge is 0.307 e. The Morgan fingerprint density at radius 3 is 2.60 bits per heavy atom. The van der Waals surface area contributed by atoms with E-state index in [1.165, 1.54) is 23.5 Å². The zero-order chi connectivity index (χ0) is 18.1. The number of halogens is 1. The fourth-order valence-electron chi connectivity index (χ4n) is 3.29. The molecule has 1 saturated heterocycles. The fraction of sp³-hybridized carbons (Fsp3) is 0.444. The van der Waals surface area contributed by atoms with Crippen molar-refractivity contribution in [1.82, 2.24) is 9.47 Å². The van der Waals surface area contributed by atoms with E-state index >= 15 is 0 Å². The quantitative estimate of drug-likeness (QED) is 0.906. The van der Waals surface area contributed by atoms with Crippen LogP contribution in [0.15, 0.2) is 29.1 Å². The summed E-state index contributed by atoms with van der Waals surface area (Å²) in [7, 11) is 0. The third kappa shape index (κ3) is 3.67. The minimum absolute atomic E-state index is 0.0562. The van der Waals surface area contributed by atoms with Gasteiger partial charge in [-0.2, -0.15) is 0 Å². The van der Waals surface area contributed by atoms with Crippen LogP contribution in [0.1, 0.15) is 35.0 Å². The lowest BCUT2D eigenvalue weighted by molar-refractivity contribution is -0.132. The molecule has 1 N–H and O–H groups in total. The van der Waals surface area contributed by atoms with Crippen LogP contribution in [0, 0.1) is 19.7 Å². The average Bonchev–Trinajstić information content (AvgIpc) is 3.07. The van der Waals surface area contributed by atoms with Crippen molar-refractivity contribution in [3.63, 3.8) is 0 Å². The molecule has 0 radical (unpaired) electrons. The van der Waals surface area contributed by atoms with E-state index in [-0.39, 0.29) is 35.6 Å². The summed E-state index contributed by atoms with van der Waals surface area (Å²) in [5, 5.41) is 9.99. The average molecular weight is 364 g/mol. The first-order chi connectivity index (χ1) is 11.9. The van der Waals surface area contributed by atoms with Gasteiger partial charge in [-0.1, -0.05) is 23.5 Å². The Kier molecular flexibility index (Phi) is 5.06. The monoisotopic (exact) mass is 364 g/mol. The van der Waals surface area contributed by atoms with E-state index in [0.717, 1.165) is 16.1 Å². The number of hydrogen-bond acceptors (Lipinski definition) is 4. The van der Waals surface area contributed by atoms with Crippen molar-refractivity contribution < 1.29 is 14.3 Å². The first kappa shape index (κ1) is 17.8. The highest BCUT2D eigenvalue weighted by Gasteiger charge is 2.35. The molecular formula is C18H21FN2O3S. The Hall–Kier alpha value is -1.99. The molecule has 1 aromatic carbocycles. The standard InChI is InChI=1S/C18H21FN2O3S/c1-11-12(2)25-18(24)20(11)8-7-17(23)21-10-15(22)9-16(21)13-3-5-14(19)6-4-13/h3-6,15-16,22H,7-10H2,1-2H3. The molecule has 25 heavy (non-hydrogen) atoms. The Morgan fingerprint density at radius 2 is 2.00 bits per heavy atom. The molecular weight excluding hydrogens is 343 g/mol. The highest BCUT2D eigenvalue weighted by atomic mass is 32.1. The van der Waals surface area contributed by atoms with Crippen LogP contribution in [0.3, 0.4) is 0 Å². The SMILES string of the molecule is Cc1sc(=O)n(CCC(=O)N2CC(O)CC2c2ccc(F)cc2)c1C. The van der Waals surface area contributed by atoms with Crippen LogP contribution < -0.4 is 4.87 Å². The largest absolute Gasteiger partial charge is 0.391 e. The van der Waals surface area contributed by atoms with Crippen LogP contribution in [0.5, 0.6) is 0 Å². The topological polar surface area (TPSA) is 62.5 Å². The predicted molar refractivity (Wildman–Crippen MR) is 94.1 cm³/mol. The lowest BCUT2D eigenvalue weighted by Gasteiger charge is -2.25. The van der Waals surface area contributed by atoms with E-state index in [4.69, 9.17) is 0 Å². The number of aromatic nitrogens is 1. The third-order valence-corrected chi connectivity index (χ3v) is 5.78. The van der Waals surface area contributed by atoms with Gasteiger partial charge in [-0.15, -0.1) is 0 Å². The summed E-state index contributed by atoms with van der Waals surface area (Å²) in [6, 6.07) is 5.76. The predicted octanol–water partition coefficient (Wildman–Crippen LogP) is 2.39. The zero-order valence-electron chi connectivity index (χ0n) is 14.2. The maximum absolute atomic E-state index is 13.1. The van der Waals surface area contributed by atoms with Gasteiger partial charge in [-0.05, 0) is 38.0 Å². The number of carbonyl (C=O) groups is 1. The number of rotatable bonds is 4. The van der Waals surface area contributed by atoms with Crippen molar-refractivity contribution in [3.8, 4) is 0 Å². The highest BCUT2D eigenvalue weighted by molar-refractivity contribution is 7.09. The fourth-order valence-corrected chi connectivity index (χ4v) is 4.15. The second kappa shape index (κ2) is 7.09. The summed E-state index contributed by atoms with van der Waals surface area (Å²) in [6.07, 6.45) is 0.0433. The Morgan fingerprint density at radius 1 is 1.32 bits per heavy atom. The summed E-state index contributed by atoms with van der Waals surface area (Å²) in [6.45, 7) is 4.35. The third-order valence-electron chi connectivity index (χ3n) is 4.78. The number of amides is 1. The van der Waals surface area contributed by atoms with Gasteiger partial charge in [0.15, 0.2) is 0 Å². The molecule has 2 unspecified atom stereocenters. The van der Waals surface area contributed by atoms with Gasteiger partial charge < -0.3 is 14.6 Å². The lowest BCUT2D eigenvalue weighted by Crippen LogP contribution is -2.33. The van der Waals surface area contributed by atoms with Crippen molar-refractivity contribution in [2.24, 2.45) is 0 Å². The second-order valence-electron chi connectivity index (χ2n) is 6.41. The van der Waals surface area contributed by atoms with E-state index in [9.17, 15) is 19.1 Å². The van der Waals surface area contributed by atoms with Gasteiger partial charge in [0, 0.05) is 30.1 Å². The maximum Gasteiger partial charge on any atom is 0.307 e. The second-order valence-corrected chi connectivity index (χ2v) is 7.58. The molecule has 2 aromatic rings. The van der Waals surface area contributed by atoms with Gasteiger partial charge in [-0.25, -0.2) is 4.39 Å². The van der Waals surface area contributed by atoms with Crippen LogP contribution in [-0.2, 0) is 11.3 Å². The number of aliphatic hydroxyl groups is 1. The van der Waals surface area contributed by atoms with Gasteiger partial charge in [0.1, 0.15) is 5.82 Å². The number of hydrogen-bond donors (Lipinski definition) is 1. The summed E-state index contributed by atoms with van der Waals surface area (Å²) < 4.78 is 14.8. The molecule has 2 atom stereocenters. The Bertz CT molecular complexity index is 828. The maximum atomic E-state index is 13.1. The number of carbonyl (C=O) groups excluding carboxylic acids is 1. The molecule has 5 nitrogen and oxygen atoms in total. The number of β-amino-alcohol motifs (C(OH)–C–C–N with tert-alkyl or cyclic N) is 1. The number of likely N-dealkylation sites (tertiary alicyclic amines) is 1. The van der Waals surface area contributed by atoms with E-state index in [2.05, 4.69) is 0 Å². The Balaban J connectivity index is 1.73. The van der Waals surface area contributed by atoms with E-state index in [1.54, 1.807) is 21.6 Å². The molecule has 3 rings (SSSR count). The van der Waals surface area contributed by atoms with Crippen LogP contribution >= 0.6 is 11.3 Å². The van der Waals surface area contributed by atoms with Crippen molar-refractivity contribution >= 4 is 17.2 Å². The van der Waals surface area contributed by atoms with Crippen LogP contribution in [0.25, 0.3) is 0 Å². The van der Waals surface area contributed by atoms with Gasteiger partial charge >= 0.3 is 4.87 Å². The molecule has 1 aliphatic rings. The van der Waals surface area contributed by atoms with Crippen LogP contribution in [-0.4, -0.2) is 33.1 Å². The minimum Gasteiger partial charge on any atom is -0.391 e. The summed E-state index contributed by atoms with van der Waals surface area (Å²) in [4.78, 5) is 27.2. The van der Waals surface area contributed by atoms with E-state index in [1.807, 2.05) is 13.8 Å². The Labute approximate surface area is 149 Å². The van der Waals surface area contributed by atoms with Crippen molar-refractivity contribution in [3.05, 3.63) is 55.9 Å². The highest BCUT2D eigenvalue weighted by Crippen LogP contribution is 2.32. The number of thiazole rings is 1. The summed E-state index contributed by atoms with van der Waals surface area (Å²) in [5.41, 5.74) is 1.70. The van der Waals surface area contributed by atoms with E-state index in [0.29, 0.717) is 13.0 Å². The molecule has 1 amide bonds. The molecule has 1 aliphatic heterocycles. The van der Waals surface area contributed by atoms with Crippen LogP contribution in [0.2, 0.25) is 0 Å². The number of nitrogens with zero attached hydrogens (tertiary/aromatic N) is 2. The van der Waals surface area contributed by atoms with Crippen molar-refractivity contribution in [2.75, 3.05) is 6.54 Å². The molecule has 1 aromatic heterocycles. The molecule has 7 heteroatoms. The first-order valence-corrected chi connectivity index (χ1v) is 9.08. The van der Waals surface area contributed by atoms with Gasteiger partial charge in [0.05, 0.1) is 12.1 Å². The summed E-state index contributed by atoms with van der Waals surface area (Å²) >= 11 is 1.19. The molecule has 0 saturated carbocycles. The summed E-state index contributed by atoms with van der Waals surface area (Å²) in [5.74, 6) is -0.441.